The molecule has 0 spiro atoms. The fourth-order valence-electron chi connectivity index (χ4n) is 6.36. The molecule has 40 heavy (non-hydrogen) atoms. The lowest BCUT2D eigenvalue weighted by Gasteiger charge is -2.46. The standard InChI is InChI=1S/C29H56N2O9/c1-11-21-29(8,37)24(34)19(6)30-14-15(2)13-28(7,36)25(17(4)22(32)18(5)26(35)39-21)40-27-23(33)20(31(9)10)12-16(3)38-27/h15-25,27,30,32-34,36-37H,11-14H2,1-10H3/t15-,16-,17+,18-,19-,20+,21-,22+,23-,24-,25-,27?,28?,29-/m1/s1. The number of ether oxygens (including phenoxy) is 3. The molecule has 0 aromatic heterocycles. The van der Waals surface area contributed by atoms with Gasteiger partial charge in [0.1, 0.15) is 23.9 Å². The van der Waals surface area contributed by atoms with Crippen LogP contribution in [0.25, 0.3) is 0 Å². The molecular weight excluding hydrogens is 520 g/mol. The van der Waals surface area contributed by atoms with Crippen LogP contribution in [0.1, 0.15) is 74.7 Å². The predicted molar refractivity (Wildman–Crippen MR) is 150 cm³/mol. The molecule has 2 heterocycles. The van der Waals surface area contributed by atoms with E-state index in [-0.39, 0.29) is 30.9 Å². The lowest BCUT2D eigenvalue weighted by Crippen LogP contribution is -2.59. The summed E-state index contributed by atoms with van der Waals surface area (Å²) in [6.45, 7) is 14.0. The molecule has 2 saturated heterocycles. The van der Waals surface area contributed by atoms with Gasteiger partial charge in [0, 0.05) is 18.0 Å². The first-order valence-corrected chi connectivity index (χ1v) is 14.7. The highest BCUT2D eigenvalue weighted by atomic mass is 16.7. The molecule has 2 unspecified atom stereocenters. The molecule has 2 aliphatic heterocycles. The zero-order valence-corrected chi connectivity index (χ0v) is 26.1. The lowest BCUT2D eigenvalue weighted by molar-refractivity contribution is -0.299. The maximum absolute atomic E-state index is 13.2. The van der Waals surface area contributed by atoms with Gasteiger partial charge in [0.2, 0.25) is 0 Å². The second-order valence-corrected chi connectivity index (χ2v) is 13.1. The number of aliphatic hydroxyl groups excluding tert-OH is 3. The van der Waals surface area contributed by atoms with Gasteiger partial charge in [0.05, 0.1) is 29.8 Å². The number of aliphatic hydroxyl groups is 5. The maximum Gasteiger partial charge on any atom is 0.311 e. The first-order chi connectivity index (χ1) is 18.3. The molecule has 0 saturated carbocycles. The number of carbonyl (C=O) groups is 1. The summed E-state index contributed by atoms with van der Waals surface area (Å²) in [5.74, 6) is -2.67. The Hall–Kier alpha value is -0.890. The summed E-state index contributed by atoms with van der Waals surface area (Å²) >= 11 is 0. The van der Waals surface area contributed by atoms with Crippen LogP contribution in [0.4, 0.5) is 0 Å². The van der Waals surface area contributed by atoms with Gasteiger partial charge < -0.3 is 50.0 Å². The van der Waals surface area contributed by atoms with Crippen LogP contribution in [0.5, 0.6) is 0 Å². The number of esters is 1. The van der Waals surface area contributed by atoms with Crippen molar-refractivity contribution in [2.45, 2.75) is 141 Å². The van der Waals surface area contributed by atoms with Crippen LogP contribution >= 0.6 is 0 Å². The summed E-state index contributed by atoms with van der Waals surface area (Å²) in [5, 5.41) is 59.8. The zero-order valence-electron chi connectivity index (χ0n) is 26.1. The van der Waals surface area contributed by atoms with Crippen LogP contribution in [-0.4, -0.2) is 123 Å². The minimum atomic E-state index is -1.75. The van der Waals surface area contributed by atoms with Crippen molar-refractivity contribution in [1.82, 2.24) is 10.2 Å². The molecule has 6 N–H and O–H groups in total. The van der Waals surface area contributed by atoms with Gasteiger partial charge in [-0.3, -0.25) is 4.79 Å². The SMILES string of the molecule is CC[C@H]1OC(=O)[C@H](C)[C@@H](O)[C@H](C)[C@@H](OC2O[C@H](C)C[C@H](N(C)C)[C@H]2O)C(C)(O)C[C@@H](C)CN[C@H](C)[C@@H](O)[C@]1(C)O. The van der Waals surface area contributed by atoms with Gasteiger partial charge in [-0.2, -0.15) is 0 Å². The van der Waals surface area contributed by atoms with E-state index >= 15 is 0 Å². The number of likely N-dealkylation sites (N-methyl/N-ethyl adjacent to an activating group) is 1. The summed E-state index contributed by atoms with van der Waals surface area (Å²) in [6.07, 6.45) is -5.77. The second-order valence-electron chi connectivity index (χ2n) is 13.1. The number of hydrogen-bond donors (Lipinski definition) is 6. The van der Waals surface area contributed by atoms with E-state index < -0.39 is 71.9 Å². The summed E-state index contributed by atoms with van der Waals surface area (Å²) in [6, 6.07) is -0.783. The van der Waals surface area contributed by atoms with E-state index in [9.17, 15) is 30.3 Å². The highest BCUT2D eigenvalue weighted by Gasteiger charge is 2.49. The minimum absolute atomic E-state index is 0.113. The Morgan fingerprint density at radius 2 is 1.65 bits per heavy atom. The molecular formula is C29H56N2O9. The smallest absolute Gasteiger partial charge is 0.311 e. The third kappa shape index (κ3) is 8.14. The van der Waals surface area contributed by atoms with Gasteiger partial charge in [-0.15, -0.1) is 0 Å². The molecule has 11 nitrogen and oxygen atoms in total. The largest absolute Gasteiger partial charge is 0.459 e. The van der Waals surface area contributed by atoms with E-state index in [1.165, 1.54) is 13.8 Å². The molecule has 0 radical (unpaired) electrons. The molecule has 0 bridgehead atoms. The Balaban J connectivity index is 2.48. The number of hydrogen-bond acceptors (Lipinski definition) is 11. The van der Waals surface area contributed by atoms with Crippen molar-refractivity contribution in [2.24, 2.45) is 17.8 Å². The topological polar surface area (TPSA) is 161 Å². The average Bonchev–Trinajstić information content (AvgIpc) is 2.87. The first-order valence-electron chi connectivity index (χ1n) is 14.7. The second kappa shape index (κ2) is 14.1. The van der Waals surface area contributed by atoms with E-state index in [4.69, 9.17) is 14.2 Å². The van der Waals surface area contributed by atoms with Crippen molar-refractivity contribution in [3.8, 4) is 0 Å². The number of cyclic esters (lactones) is 1. The van der Waals surface area contributed by atoms with E-state index in [0.717, 1.165) is 0 Å². The minimum Gasteiger partial charge on any atom is -0.459 e. The molecule has 2 fully saturated rings. The van der Waals surface area contributed by atoms with E-state index in [0.29, 0.717) is 13.0 Å². The molecule has 2 aliphatic rings. The number of nitrogens with one attached hydrogen (secondary N) is 1. The quantitative estimate of drug-likeness (QED) is 0.261. The van der Waals surface area contributed by atoms with Gasteiger partial charge in [-0.05, 0) is 80.4 Å². The summed E-state index contributed by atoms with van der Waals surface area (Å²) < 4.78 is 18.0. The van der Waals surface area contributed by atoms with Crippen molar-refractivity contribution < 1.29 is 44.5 Å². The van der Waals surface area contributed by atoms with Crippen LogP contribution in [0.3, 0.4) is 0 Å². The molecule has 14 atom stereocenters. The number of rotatable bonds is 4. The molecule has 236 valence electrons. The molecule has 0 aliphatic carbocycles. The highest BCUT2D eigenvalue weighted by Crippen LogP contribution is 2.36. The monoisotopic (exact) mass is 576 g/mol. The van der Waals surface area contributed by atoms with Crippen LogP contribution in [0.15, 0.2) is 0 Å². The summed E-state index contributed by atoms with van der Waals surface area (Å²) in [4.78, 5) is 15.1. The Labute approximate surface area is 240 Å². The Morgan fingerprint density at radius 1 is 1.05 bits per heavy atom. The highest BCUT2D eigenvalue weighted by molar-refractivity contribution is 5.73. The number of nitrogens with zero attached hydrogens (tertiary/aromatic N) is 1. The zero-order chi connectivity index (χ0) is 30.7. The van der Waals surface area contributed by atoms with Crippen LogP contribution < -0.4 is 5.32 Å². The summed E-state index contributed by atoms with van der Waals surface area (Å²) in [7, 11) is 3.74. The fourth-order valence-corrected chi connectivity index (χ4v) is 6.36. The molecule has 0 aromatic rings. The Morgan fingerprint density at radius 3 is 2.20 bits per heavy atom. The average molecular weight is 577 g/mol. The third-order valence-electron chi connectivity index (χ3n) is 8.97. The normalized spacial score (nSPS) is 48.8. The van der Waals surface area contributed by atoms with Gasteiger partial charge >= 0.3 is 5.97 Å². The third-order valence-corrected chi connectivity index (χ3v) is 8.97. The van der Waals surface area contributed by atoms with Crippen LogP contribution in [0, 0.1) is 17.8 Å². The van der Waals surface area contributed by atoms with Gasteiger partial charge in [-0.1, -0.05) is 20.8 Å². The molecule has 0 amide bonds. The maximum atomic E-state index is 13.2. The van der Waals surface area contributed by atoms with Crippen LogP contribution in [-0.2, 0) is 19.0 Å². The molecule has 11 heteroatoms. The molecule has 0 aromatic carbocycles. The van der Waals surface area contributed by atoms with Gasteiger partial charge in [0.25, 0.3) is 0 Å². The van der Waals surface area contributed by atoms with E-state index in [1.54, 1.807) is 27.7 Å². The van der Waals surface area contributed by atoms with Crippen molar-refractivity contribution in [3.63, 3.8) is 0 Å². The van der Waals surface area contributed by atoms with Gasteiger partial charge in [-0.25, -0.2) is 0 Å². The van der Waals surface area contributed by atoms with Crippen LogP contribution in [0.2, 0.25) is 0 Å². The van der Waals surface area contributed by atoms with E-state index in [2.05, 4.69) is 5.32 Å². The number of carbonyl (C=O) groups excluding carboxylic acids is 1. The predicted octanol–water partition coefficient (Wildman–Crippen LogP) is 0.633. The Kier molecular flexibility index (Phi) is 12.4. The molecule has 2 rings (SSSR count). The summed E-state index contributed by atoms with van der Waals surface area (Å²) in [5.41, 5.74) is -3.25. The lowest BCUT2D eigenvalue weighted by atomic mass is 9.78. The van der Waals surface area contributed by atoms with Crippen molar-refractivity contribution in [2.75, 3.05) is 20.6 Å². The van der Waals surface area contributed by atoms with Crippen molar-refractivity contribution >= 4 is 5.97 Å². The Bertz CT molecular complexity index is 810. The van der Waals surface area contributed by atoms with Crippen molar-refractivity contribution in [3.05, 3.63) is 0 Å². The van der Waals surface area contributed by atoms with Crippen molar-refractivity contribution in [1.29, 1.82) is 0 Å². The van der Waals surface area contributed by atoms with Gasteiger partial charge in [0.15, 0.2) is 6.29 Å². The van der Waals surface area contributed by atoms with E-state index in [1.807, 2.05) is 32.8 Å². The first kappa shape index (κ1) is 35.3. The fraction of sp³-hybridized carbons (Fsp3) is 0.966.